The number of benzene rings is 1. The first-order valence-electron chi connectivity index (χ1n) is 6.27. The molecule has 0 aliphatic carbocycles. The summed E-state index contributed by atoms with van der Waals surface area (Å²) in [6.07, 6.45) is 3.84. The van der Waals surface area contributed by atoms with E-state index >= 15 is 0 Å². The molecule has 0 amide bonds. The molecule has 0 spiro atoms. The van der Waals surface area contributed by atoms with E-state index in [1.807, 2.05) is 6.07 Å². The molecule has 0 bridgehead atoms. The molecule has 0 N–H and O–H groups in total. The Bertz CT molecular complexity index is 347. The Kier molecular flexibility index (Phi) is 5.41. The molecular formula is C14H19IO3. The summed E-state index contributed by atoms with van der Waals surface area (Å²) in [6, 6.07) is 10.4. The maximum Gasteiger partial charge on any atom is 0.201 e. The molecule has 1 fully saturated rings. The summed E-state index contributed by atoms with van der Waals surface area (Å²) >= 11 is 2.32. The van der Waals surface area contributed by atoms with E-state index in [0.29, 0.717) is 0 Å². The summed E-state index contributed by atoms with van der Waals surface area (Å²) in [6.45, 7) is 0. The average Bonchev–Trinajstić information content (AvgIpc) is 2.47. The number of halogens is 1. The Morgan fingerprint density at radius 2 is 2.17 bits per heavy atom. The van der Waals surface area contributed by atoms with Crippen molar-refractivity contribution >= 4 is 22.6 Å². The maximum atomic E-state index is 5.54. The van der Waals surface area contributed by atoms with Crippen molar-refractivity contribution in [2.45, 2.75) is 37.6 Å². The topological polar surface area (TPSA) is 27.7 Å². The molecule has 1 aliphatic rings. The van der Waals surface area contributed by atoms with Gasteiger partial charge in [-0.1, -0.05) is 52.9 Å². The highest BCUT2D eigenvalue weighted by molar-refractivity contribution is 14.1. The Hall–Kier alpha value is -0.170. The summed E-state index contributed by atoms with van der Waals surface area (Å²) in [7, 11) is 1.69. The summed E-state index contributed by atoms with van der Waals surface area (Å²) < 4.78 is 6.50. The highest BCUT2D eigenvalue weighted by atomic mass is 127. The van der Waals surface area contributed by atoms with Crippen molar-refractivity contribution in [3.63, 3.8) is 0 Å². The lowest BCUT2D eigenvalue weighted by Crippen LogP contribution is -2.42. The van der Waals surface area contributed by atoms with Gasteiger partial charge in [-0.25, -0.2) is 9.78 Å². The highest BCUT2D eigenvalue weighted by Gasteiger charge is 2.37. The standard InChI is InChI=1S/C14H19IO3/c1-16-14(10-8-13(11-15)17-18-14)9-7-12-5-3-2-4-6-12/h2-6,13H,7-11H2,1H3/t13-,14+/m1/s1. The molecule has 1 saturated heterocycles. The lowest BCUT2D eigenvalue weighted by molar-refractivity contribution is -0.462. The molecular weight excluding hydrogens is 343 g/mol. The predicted octanol–water partition coefficient (Wildman–Crippen LogP) is 3.51. The second-order valence-electron chi connectivity index (χ2n) is 4.59. The van der Waals surface area contributed by atoms with Crippen molar-refractivity contribution in [1.29, 1.82) is 0 Å². The van der Waals surface area contributed by atoms with Crippen molar-refractivity contribution in [2.24, 2.45) is 0 Å². The smallest absolute Gasteiger partial charge is 0.201 e. The van der Waals surface area contributed by atoms with E-state index in [0.717, 1.165) is 30.1 Å². The van der Waals surface area contributed by atoms with Crippen LogP contribution in [0.1, 0.15) is 24.8 Å². The second kappa shape index (κ2) is 6.84. The fourth-order valence-electron chi connectivity index (χ4n) is 2.11. The summed E-state index contributed by atoms with van der Waals surface area (Å²) in [4.78, 5) is 10.9. The molecule has 0 unspecified atom stereocenters. The van der Waals surface area contributed by atoms with E-state index in [1.165, 1.54) is 5.56 Å². The predicted molar refractivity (Wildman–Crippen MR) is 78.6 cm³/mol. The van der Waals surface area contributed by atoms with Gasteiger partial charge < -0.3 is 4.74 Å². The van der Waals surface area contributed by atoms with Gasteiger partial charge in [0.2, 0.25) is 5.79 Å². The van der Waals surface area contributed by atoms with E-state index in [1.54, 1.807) is 7.11 Å². The molecule has 1 aromatic carbocycles. The molecule has 0 radical (unpaired) electrons. The van der Waals surface area contributed by atoms with Crippen molar-refractivity contribution in [3.05, 3.63) is 35.9 Å². The van der Waals surface area contributed by atoms with E-state index < -0.39 is 5.79 Å². The average molecular weight is 362 g/mol. The third-order valence-electron chi connectivity index (χ3n) is 3.36. The van der Waals surface area contributed by atoms with Crippen molar-refractivity contribution < 1.29 is 14.5 Å². The van der Waals surface area contributed by atoms with Gasteiger partial charge in [0.25, 0.3) is 0 Å². The van der Waals surface area contributed by atoms with Crippen LogP contribution in [0.15, 0.2) is 30.3 Å². The number of hydrogen-bond acceptors (Lipinski definition) is 3. The molecule has 100 valence electrons. The summed E-state index contributed by atoms with van der Waals surface area (Å²) in [5, 5.41) is 0. The summed E-state index contributed by atoms with van der Waals surface area (Å²) in [5.74, 6) is -0.571. The van der Waals surface area contributed by atoms with Crippen LogP contribution in [0.4, 0.5) is 0 Å². The van der Waals surface area contributed by atoms with Crippen LogP contribution in [0.2, 0.25) is 0 Å². The number of aryl methyl sites for hydroxylation is 1. The minimum absolute atomic E-state index is 0.200. The second-order valence-corrected chi connectivity index (χ2v) is 5.48. The Balaban J connectivity index is 1.89. The van der Waals surface area contributed by atoms with Crippen LogP contribution in [0.25, 0.3) is 0 Å². The zero-order valence-corrected chi connectivity index (χ0v) is 12.8. The highest BCUT2D eigenvalue weighted by Crippen LogP contribution is 2.32. The first-order chi connectivity index (χ1) is 8.78. The zero-order chi connectivity index (χ0) is 12.8. The Morgan fingerprint density at radius 1 is 1.39 bits per heavy atom. The van der Waals surface area contributed by atoms with Gasteiger partial charge in [0.1, 0.15) is 6.10 Å². The number of hydrogen-bond donors (Lipinski definition) is 0. The van der Waals surface area contributed by atoms with Crippen LogP contribution < -0.4 is 0 Å². The molecule has 1 aromatic rings. The fraction of sp³-hybridized carbons (Fsp3) is 0.571. The van der Waals surface area contributed by atoms with E-state index in [9.17, 15) is 0 Å². The van der Waals surface area contributed by atoms with Crippen LogP contribution in [0.3, 0.4) is 0 Å². The lowest BCUT2D eigenvalue weighted by atomic mass is 9.98. The van der Waals surface area contributed by atoms with Crippen molar-refractivity contribution in [1.82, 2.24) is 0 Å². The molecule has 1 aliphatic heterocycles. The third kappa shape index (κ3) is 3.66. The Morgan fingerprint density at radius 3 is 2.72 bits per heavy atom. The van der Waals surface area contributed by atoms with Gasteiger partial charge in [-0.15, -0.1) is 0 Å². The van der Waals surface area contributed by atoms with E-state index in [2.05, 4.69) is 46.9 Å². The molecule has 0 aromatic heterocycles. The van der Waals surface area contributed by atoms with Gasteiger partial charge >= 0.3 is 0 Å². The van der Waals surface area contributed by atoms with Crippen LogP contribution in [-0.4, -0.2) is 23.4 Å². The van der Waals surface area contributed by atoms with Crippen LogP contribution in [0, 0.1) is 0 Å². The molecule has 18 heavy (non-hydrogen) atoms. The molecule has 1 heterocycles. The van der Waals surface area contributed by atoms with Gasteiger partial charge in [-0.2, -0.15) is 0 Å². The van der Waals surface area contributed by atoms with Gasteiger partial charge in [-0.3, -0.25) is 0 Å². The fourth-order valence-corrected chi connectivity index (χ4v) is 2.70. The third-order valence-corrected chi connectivity index (χ3v) is 4.35. The number of alkyl halides is 1. The molecule has 2 atom stereocenters. The van der Waals surface area contributed by atoms with Gasteiger partial charge in [-0.05, 0) is 18.4 Å². The number of rotatable bonds is 5. The Labute approximate surface area is 122 Å². The first-order valence-corrected chi connectivity index (χ1v) is 7.80. The zero-order valence-electron chi connectivity index (χ0n) is 10.6. The number of methoxy groups -OCH3 is 1. The minimum Gasteiger partial charge on any atom is -0.351 e. The van der Waals surface area contributed by atoms with E-state index in [4.69, 9.17) is 14.5 Å². The van der Waals surface area contributed by atoms with E-state index in [-0.39, 0.29) is 6.10 Å². The quantitative estimate of drug-likeness (QED) is 0.456. The largest absolute Gasteiger partial charge is 0.351 e. The monoisotopic (exact) mass is 362 g/mol. The van der Waals surface area contributed by atoms with Gasteiger partial charge in [0.15, 0.2) is 0 Å². The molecule has 4 heteroatoms. The number of ether oxygens (including phenoxy) is 1. The SMILES string of the molecule is CO[C@]1(CCc2ccccc2)CC[C@H](CI)OO1. The molecule has 3 nitrogen and oxygen atoms in total. The first kappa shape index (κ1) is 14.2. The normalized spacial score (nSPS) is 28.2. The maximum absolute atomic E-state index is 5.54. The minimum atomic E-state index is -0.571. The molecule has 2 rings (SSSR count). The van der Waals surface area contributed by atoms with Gasteiger partial charge in [0, 0.05) is 24.4 Å². The molecule has 0 saturated carbocycles. The lowest BCUT2D eigenvalue weighted by Gasteiger charge is -2.37. The van der Waals surface area contributed by atoms with Crippen LogP contribution in [-0.2, 0) is 20.9 Å². The van der Waals surface area contributed by atoms with Crippen LogP contribution in [0.5, 0.6) is 0 Å². The van der Waals surface area contributed by atoms with Crippen molar-refractivity contribution in [3.8, 4) is 0 Å². The van der Waals surface area contributed by atoms with Crippen LogP contribution >= 0.6 is 22.6 Å². The summed E-state index contributed by atoms with van der Waals surface area (Å²) in [5.41, 5.74) is 1.30. The van der Waals surface area contributed by atoms with Gasteiger partial charge in [0.05, 0.1) is 0 Å². The van der Waals surface area contributed by atoms with Crippen molar-refractivity contribution in [2.75, 3.05) is 11.5 Å².